The van der Waals surface area contributed by atoms with Gasteiger partial charge in [0, 0.05) is 11.5 Å². The summed E-state index contributed by atoms with van der Waals surface area (Å²) in [4.78, 5) is 4.62. The van der Waals surface area contributed by atoms with Crippen LogP contribution in [-0.4, -0.2) is 27.7 Å². The predicted octanol–water partition coefficient (Wildman–Crippen LogP) is 3.50. The smallest absolute Gasteiger partial charge is 0.297 e. The standard InChI is InChI=1S/C14H18N2OS/c1-2-3-8-17-14-15-12-6-4-5-7-13(12)16(14)11-9-18-10-11/h4-7,11H,2-3,8-10H2,1H3. The Morgan fingerprint density at radius 3 is 2.94 bits per heavy atom. The van der Waals surface area contributed by atoms with Crippen molar-refractivity contribution in [2.75, 3.05) is 18.1 Å². The van der Waals surface area contributed by atoms with E-state index in [1.807, 2.05) is 17.8 Å². The van der Waals surface area contributed by atoms with E-state index in [2.05, 4.69) is 34.7 Å². The van der Waals surface area contributed by atoms with E-state index in [-0.39, 0.29) is 0 Å². The van der Waals surface area contributed by atoms with E-state index in [1.165, 1.54) is 17.0 Å². The molecular weight excluding hydrogens is 244 g/mol. The lowest BCUT2D eigenvalue weighted by molar-refractivity contribution is 0.268. The van der Waals surface area contributed by atoms with Crippen LogP contribution in [0, 0.1) is 0 Å². The third-order valence-electron chi connectivity index (χ3n) is 3.28. The van der Waals surface area contributed by atoms with Gasteiger partial charge < -0.3 is 4.74 Å². The van der Waals surface area contributed by atoms with E-state index in [4.69, 9.17) is 4.74 Å². The zero-order valence-electron chi connectivity index (χ0n) is 10.6. The Kier molecular flexibility index (Phi) is 3.46. The summed E-state index contributed by atoms with van der Waals surface area (Å²) in [5, 5.41) is 0. The quantitative estimate of drug-likeness (QED) is 0.772. The molecule has 0 saturated carbocycles. The van der Waals surface area contributed by atoms with Gasteiger partial charge in [-0.15, -0.1) is 0 Å². The van der Waals surface area contributed by atoms with Crippen LogP contribution in [0.3, 0.4) is 0 Å². The summed E-state index contributed by atoms with van der Waals surface area (Å²) in [5.41, 5.74) is 2.25. The van der Waals surface area contributed by atoms with Crippen LogP contribution in [0.4, 0.5) is 0 Å². The maximum absolute atomic E-state index is 5.86. The molecule has 0 bridgehead atoms. The molecule has 1 aromatic carbocycles. The molecule has 0 atom stereocenters. The van der Waals surface area contributed by atoms with E-state index in [0.29, 0.717) is 6.04 Å². The van der Waals surface area contributed by atoms with E-state index in [9.17, 15) is 0 Å². The van der Waals surface area contributed by atoms with Crippen molar-refractivity contribution in [2.45, 2.75) is 25.8 Å². The van der Waals surface area contributed by atoms with Crippen LogP contribution in [0.15, 0.2) is 24.3 Å². The first kappa shape index (κ1) is 11.9. The molecule has 0 amide bonds. The number of ether oxygens (including phenoxy) is 1. The van der Waals surface area contributed by atoms with Crippen LogP contribution < -0.4 is 4.74 Å². The highest BCUT2D eigenvalue weighted by molar-refractivity contribution is 8.00. The fourth-order valence-electron chi connectivity index (χ4n) is 2.16. The SMILES string of the molecule is CCCCOc1nc2ccccc2n1C1CSC1. The Morgan fingerprint density at radius 1 is 1.39 bits per heavy atom. The molecule has 1 aromatic heterocycles. The molecule has 0 radical (unpaired) electrons. The molecule has 0 N–H and O–H groups in total. The number of thioether (sulfide) groups is 1. The maximum atomic E-state index is 5.86. The van der Waals surface area contributed by atoms with Gasteiger partial charge >= 0.3 is 0 Å². The van der Waals surface area contributed by atoms with E-state index in [0.717, 1.165) is 31.0 Å². The van der Waals surface area contributed by atoms with E-state index < -0.39 is 0 Å². The van der Waals surface area contributed by atoms with E-state index >= 15 is 0 Å². The first-order chi connectivity index (χ1) is 8.90. The fraction of sp³-hybridized carbons (Fsp3) is 0.500. The molecule has 96 valence electrons. The van der Waals surface area contributed by atoms with Crippen molar-refractivity contribution in [1.29, 1.82) is 0 Å². The molecule has 2 heterocycles. The summed E-state index contributed by atoms with van der Waals surface area (Å²) in [6.07, 6.45) is 2.24. The average molecular weight is 262 g/mol. The Balaban J connectivity index is 1.94. The lowest BCUT2D eigenvalue weighted by atomic mass is 10.3. The molecule has 0 unspecified atom stereocenters. The Bertz CT molecular complexity index is 534. The summed E-state index contributed by atoms with van der Waals surface area (Å²) in [6, 6.07) is 9.66. The molecule has 1 aliphatic heterocycles. The van der Waals surface area contributed by atoms with Crippen LogP contribution in [0.1, 0.15) is 25.8 Å². The number of rotatable bonds is 5. The number of nitrogens with zero attached hydrogens (tertiary/aromatic N) is 2. The molecular formula is C14H18N2OS. The zero-order chi connectivity index (χ0) is 12.4. The first-order valence-electron chi connectivity index (χ1n) is 6.57. The van der Waals surface area contributed by atoms with Crippen LogP contribution in [-0.2, 0) is 0 Å². The summed E-state index contributed by atoms with van der Waals surface area (Å²) in [5.74, 6) is 2.34. The van der Waals surface area contributed by atoms with Crippen LogP contribution >= 0.6 is 11.8 Å². The highest BCUT2D eigenvalue weighted by Crippen LogP contribution is 2.35. The second-order valence-electron chi connectivity index (χ2n) is 4.65. The molecule has 3 nitrogen and oxygen atoms in total. The van der Waals surface area contributed by atoms with Crippen LogP contribution in [0.2, 0.25) is 0 Å². The normalized spacial score (nSPS) is 15.8. The minimum Gasteiger partial charge on any atom is -0.465 e. The molecule has 1 fully saturated rings. The zero-order valence-corrected chi connectivity index (χ0v) is 11.4. The molecule has 0 aliphatic carbocycles. The molecule has 18 heavy (non-hydrogen) atoms. The van der Waals surface area contributed by atoms with Gasteiger partial charge in [-0.3, -0.25) is 4.57 Å². The minimum absolute atomic E-state index is 0.555. The third-order valence-corrected chi connectivity index (χ3v) is 4.52. The second-order valence-corrected chi connectivity index (χ2v) is 5.72. The fourth-order valence-corrected chi connectivity index (χ4v) is 2.90. The second kappa shape index (κ2) is 5.22. The number of hydrogen-bond donors (Lipinski definition) is 0. The van der Waals surface area contributed by atoms with Crippen molar-refractivity contribution < 1.29 is 4.74 Å². The first-order valence-corrected chi connectivity index (χ1v) is 7.73. The number of para-hydroxylation sites is 2. The van der Waals surface area contributed by atoms with Crippen molar-refractivity contribution in [2.24, 2.45) is 0 Å². The van der Waals surface area contributed by atoms with Gasteiger partial charge in [-0.2, -0.15) is 16.7 Å². The highest BCUT2D eigenvalue weighted by Gasteiger charge is 2.25. The van der Waals surface area contributed by atoms with Gasteiger partial charge in [-0.1, -0.05) is 25.5 Å². The highest BCUT2D eigenvalue weighted by atomic mass is 32.2. The number of benzene rings is 1. The largest absolute Gasteiger partial charge is 0.465 e. The summed E-state index contributed by atoms with van der Waals surface area (Å²) >= 11 is 1.98. The van der Waals surface area contributed by atoms with Gasteiger partial charge in [0.25, 0.3) is 6.01 Å². The number of fused-ring (bicyclic) bond motifs is 1. The minimum atomic E-state index is 0.555. The van der Waals surface area contributed by atoms with Gasteiger partial charge in [0.2, 0.25) is 0 Å². The van der Waals surface area contributed by atoms with Crippen molar-refractivity contribution in [1.82, 2.24) is 9.55 Å². The molecule has 1 aliphatic rings. The van der Waals surface area contributed by atoms with Crippen molar-refractivity contribution >= 4 is 22.8 Å². The molecule has 2 aromatic rings. The van der Waals surface area contributed by atoms with Gasteiger partial charge in [0.1, 0.15) is 0 Å². The number of imidazole rings is 1. The lowest BCUT2D eigenvalue weighted by Gasteiger charge is -2.28. The summed E-state index contributed by atoms with van der Waals surface area (Å²) in [6.45, 7) is 2.94. The maximum Gasteiger partial charge on any atom is 0.297 e. The molecule has 0 spiro atoms. The van der Waals surface area contributed by atoms with Crippen molar-refractivity contribution in [3.8, 4) is 6.01 Å². The topological polar surface area (TPSA) is 27.1 Å². The summed E-state index contributed by atoms with van der Waals surface area (Å²) < 4.78 is 8.14. The Morgan fingerprint density at radius 2 is 2.22 bits per heavy atom. The molecule has 1 saturated heterocycles. The van der Waals surface area contributed by atoms with Gasteiger partial charge in [-0.05, 0) is 18.6 Å². The Labute approximate surface area is 112 Å². The lowest BCUT2D eigenvalue weighted by Crippen LogP contribution is -2.23. The van der Waals surface area contributed by atoms with Crippen molar-refractivity contribution in [3.05, 3.63) is 24.3 Å². The van der Waals surface area contributed by atoms with Gasteiger partial charge in [0.05, 0.1) is 23.7 Å². The number of aromatic nitrogens is 2. The van der Waals surface area contributed by atoms with Crippen molar-refractivity contribution in [3.63, 3.8) is 0 Å². The Hall–Kier alpha value is -1.16. The monoisotopic (exact) mass is 262 g/mol. The predicted molar refractivity (Wildman–Crippen MR) is 76.5 cm³/mol. The van der Waals surface area contributed by atoms with E-state index in [1.54, 1.807) is 0 Å². The van der Waals surface area contributed by atoms with Gasteiger partial charge in [-0.25, -0.2) is 0 Å². The third kappa shape index (κ3) is 2.09. The van der Waals surface area contributed by atoms with Crippen LogP contribution in [0.5, 0.6) is 6.01 Å². The van der Waals surface area contributed by atoms with Gasteiger partial charge in [0.15, 0.2) is 0 Å². The van der Waals surface area contributed by atoms with Crippen LogP contribution in [0.25, 0.3) is 11.0 Å². The summed E-state index contributed by atoms with van der Waals surface area (Å²) in [7, 11) is 0. The molecule has 3 rings (SSSR count). The number of hydrogen-bond acceptors (Lipinski definition) is 3. The average Bonchev–Trinajstić information content (AvgIpc) is 2.67. The number of unbranched alkanes of at least 4 members (excludes halogenated alkanes) is 1. The molecule has 4 heteroatoms.